The average Bonchev–Trinajstić information content (AvgIpc) is 3.00. The van der Waals surface area contributed by atoms with Crippen molar-refractivity contribution in [1.29, 1.82) is 0 Å². The van der Waals surface area contributed by atoms with Crippen LogP contribution in [0.5, 0.6) is 0 Å². The molecule has 0 N–H and O–H groups in total. The molecule has 0 saturated carbocycles. The van der Waals surface area contributed by atoms with E-state index in [9.17, 15) is 4.79 Å². The average molecular weight is 369 g/mol. The summed E-state index contributed by atoms with van der Waals surface area (Å²) in [6.07, 6.45) is 1.21. The van der Waals surface area contributed by atoms with Crippen LogP contribution in [0.1, 0.15) is 29.9 Å². The summed E-state index contributed by atoms with van der Waals surface area (Å²) in [5.74, 6) is -0.215. The first-order valence-corrected chi connectivity index (χ1v) is 9.21. The molecule has 1 aromatic heterocycles. The van der Waals surface area contributed by atoms with Gasteiger partial charge in [-0.1, -0.05) is 13.0 Å². The van der Waals surface area contributed by atoms with E-state index in [-0.39, 0.29) is 18.4 Å². The summed E-state index contributed by atoms with van der Waals surface area (Å²) < 4.78 is 6.29. The molecule has 0 aliphatic carbocycles. The molecule has 1 fully saturated rings. The van der Waals surface area contributed by atoms with Gasteiger partial charge in [0.15, 0.2) is 0 Å². The monoisotopic (exact) mass is 368 g/mol. The molecule has 6 heteroatoms. The number of benzene rings is 1. The molecule has 0 unspecified atom stereocenters. The second-order valence-electron chi connectivity index (χ2n) is 5.85. The SMILES string of the molecule is CCCN1CCN(c2cccc3sc(C(=O)OCC)cc23)CC1.Cl. The van der Waals surface area contributed by atoms with Gasteiger partial charge in [-0.05, 0) is 38.1 Å². The van der Waals surface area contributed by atoms with Crippen molar-refractivity contribution in [1.82, 2.24) is 4.90 Å². The molecule has 132 valence electrons. The predicted molar refractivity (Wildman–Crippen MR) is 104 cm³/mol. The van der Waals surface area contributed by atoms with Crippen molar-refractivity contribution in [2.45, 2.75) is 20.3 Å². The van der Waals surface area contributed by atoms with E-state index in [1.54, 1.807) is 0 Å². The highest BCUT2D eigenvalue weighted by molar-refractivity contribution is 7.20. The fraction of sp³-hybridized carbons (Fsp3) is 0.500. The number of hydrogen-bond donors (Lipinski definition) is 0. The smallest absolute Gasteiger partial charge is 0.348 e. The van der Waals surface area contributed by atoms with Crippen molar-refractivity contribution in [2.75, 3.05) is 44.2 Å². The number of carbonyl (C=O) groups excluding carboxylic acids is 1. The number of fused-ring (bicyclic) bond motifs is 1. The number of halogens is 1. The maximum Gasteiger partial charge on any atom is 0.348 e. The van der Waals surface area contributed by atoms with Gasteiger partial charge < -0.3 is 9.64 Å². The Balaban J connectivity index is 0.00000208. The minimum absolute atomic E-state index is 0. The van der Waals surface area contributed by atoms with Gasteiger partial charge in [-0.15, -0.1) is 23.7 Å². The number of anilines is 1. The van der Waals surface area contributed by atoms with E-state index in [1.807, 2.05) is 13.0 Å². The zero-order valence-corrected chi connectivity index (χ0v) is 15.9. The summed E-state index contributed by atoms with van der Waals surface area (Å²) in [6.45, 7) is 9.98. The Hall–Kier alpha value is -1.30. The minimum atomic E-state index is -0.215. The Kier molecular flexibility index (Phi) is 6.90. The Morgan fingerprint density at radius 3 is 2.62 bits per heavy atom. The summed E-state index contributed by atoms with van der Waals surface area (Å²) >= 11 is 1.52. The maximum absolute atomic E-state index is 12.0. The predicted octanol–water partition coefficient (Wildman–Crippen LogP) is 4.03. The van der Waals surface area contributed by atoms with Gasteiger partial charge >= 0.3 is 5.97 Å². The molecule has 4 nitrogen and oxygen atoms in total. The highest BCUT2D eigenvalue weighted by Gasteiger charge is 2.20. The lowest BCUT2D eigenvalue weighted by Gasteiger charge is -2.36. The number of thiophene rings is 1. The molecule has 1 aliphatic heterocycles. The Morgan fingerprint density at radius 1 is 1.21 bits per heavy atom. The van der Waals surface area contributed by atoms with Crippen LogP contribution < -0.4 is 4.90 Å². The quantitative estimate of drug-likeness (QED) is 0.746. The van der Waals surface area contributed by atoms with Crippen LogP contribution in [0, 0.1) is 0 Å². The summed E-state index contributed by atoms with van der Waals surface area (Å²) in [5.41, 5.74) is 1.24. The van der Waals surface area contributed by atoms with Crippen LogP contribution in [-0.4, -0.2) is 50.2 Å². The summed E-state index contributed by atoms with van der Waals surface area (Å²) in [5, 5.41) is 1.17. The number of nitrogens with zero attached hydrogens (tertiary/aromatic N) is 2. The first-order chi connectivity index (χ1) is 11.2. The van der Waals surface area contributed by atoms with Crippen LogP contribution in [0.25, 0.3) is 10.1 Å². The number of rotatable bonds is 5. The van der Waals surface area contributed by atoms with Crippen molar-refractivity contribution < 1.29 is 9.53 Å². The van der Waals surface area contributed by atoms with E-state index < -0.39 is 0 Å². The fourth-order valence-corrected chi connectivity index (χ4v) is 4.13. The van der Waals surface area contributed by atoms with Crippen LogP contribution in [-0.2, 0) is 4.74 Å². The van der Waals surface area contributed by atoms with Gasteiger partial charge in [-0.2, -0.15) is 0 Å². The van der Waals surface area contributed by atoms with Crippen LogP contribution in [0.15, 0.2) is 24.3 Å². The molecule has 0 radical (unpaired) electrons. The lowest BCUT2D eigenvalue weighted by molar-refractivity contribution is 0.0532. The van der Waals surface area contributed by atoms with Crippen molar-refractivity contribution in [3.8, 4) is 0 Å². The van der Waals surface area contributed by atoms with Crippen LogP contribution in [0.3, 0.4) is 0 Å². The van der Waals surface area contributed by atoms with Crippen LogP contribution in [0.4, 0.5) is 5.69 Å². The standard InChI is InChI=1S/C18H24N2O2S.ClH/c1-3-8-19-9-11-20(12-10-19)15-6-5-7-16-14(15)13-17(23-16)18(21)22-4-2;/h5-7,13H,3-4,8-12H2,1-2H3;1H. The van der Waals surface area contributed by atoms with Gasteiger partial charge in [0, 0.05) is 42.0 Å². The van der Waals surface area contributed by atoms with E-state index in [2.05, 4.69) is 34.9 Å². The molecule has 0 spiro atoms. The van der Waals surface area contributed by atoms with Crippen LogP contribution >= 0.6 is 23.7 Å². The number of ether oxygens (including phenoxy) is 1. The molecule has 1 aromatic carbocycles. The van der Waals surface area contributed by atoms with Crippen LogP contribution in [0.2, 0.25) is 0 Å². The zero-order chi connectivity index (χ0) is 16.2. The minimum Gasteiger partial charge on any atom is -0.462 e. The molecule has 1 saturated heterocycles. The molecule has 24 heavy (non-hydrogen) atoms. The number of hydrogen-bond acceptors (Lipinski definition) is 5. The summed E-state index contributed by atoms with van der Waals surface area (Å²) in [7, 11) is 0. The van der Waals surface area contributed by atoms with E-state index in [4.69, 9.17) is 4.74 Å². The van der Waals surface area contributed by atoms with Crippen molar-refractivity contribution in [2.24, 2.45) is 0 Å². The molecule has 2 aromatic rings. The Morgan fingerprint density at radius 2 is 1.96 bits per heavy atom. The van der Waals surface area contributed by atoms with Crippen molar-refractivity contribution in [3.63, 3.8) is 0 Å². The molecule has 0 bridgehead atoms. The van der Waals surface area contributed by atoms with E-state index in [0.717, 1.165) is 30.9 Å². The normalized spacial score (nSPS) is 15.3. The molecular formula is C18H25ClN2O2S. The first kappa shape index (κ1) is 19.0. The lowest BCUT2D eigenvalue weighted by atomic mass is 10.1. The van der Waals surface area contributed by atoms with E-state index in [0.29, 0.717) is 11.5 Å². The van der Waals surface area contributed by atoms with E-state index in [1.165, 1.54) is 35.4 Å². The van der Waals surface area contributed by atoms with Gasteiger partial charge in [-0.3, -0.25) is 4.90 Å². The fourth-order valence-electron chi connectivity index (χ4n) is 3.15. The van der Waals surface area contributed by atoms with Gasteiger partial charge in [-0.25, -0.2) is 4.79 Å². The molecule has 0 atom stereocenters. The Labute approximate surface area is 153 Å². The number of carbonyl (C=O) groups is 1. The summed E-state index contributed by atoms with van der Waals surface area (Å²) in [6, 6.07) is 8.33. The second kappa shape index (κ2) is 8.70. The zero-order valence-electron chi connectivity index (χ0n) is 14.3. The molecular weight excluding hydrogens is 344 g/mol. The lowest BCUT2D eigenvalue weighted by Crippen LogP contribution is -2.46. The van der Waals surface area contributed by atoms with Gasteiger partial charge in [0.25, 0.3) is 0 Å². The van der Waals surface area contributed by atoms with Crippen molar-refractivity contribution >= 4 is 45.5 Å². The third-order valence-electron chi connectivity index (χ3n) is 4.27. The molecule has 1 aliphatic rings. The molecule has 2 heterocycles. The molecule has 3 rings (SSSR count). The van der Waals surface area contributed by atoms with E-state index >= 15 is 0 Å². The highest BCUT2D eigenvalue weighted by atomic mass is 35.5. The third-order valence-corrected chi connectivity index (χ3v) is 5.35. The number of piperazine rings is 1. The Bertz CT molecular complexity index is 681. The topological polar surface area (TPSA) is 32.8 Å². The first-order valence-electron chi connectivity index (χ1n) is 8.40. The third kappa shape index (κ3) is 4.02. The second-order valence-corrected chi connectivity index (χ2v) is 6.93. The largest absolute Gasteiger partial charge is 0.462 e. The summed E-state index contributed by atoms with van der Waals surface area (Å²) in [4.78, 5) is 17.6. The highest BCUT2D eigenvalue weighted by Crippen LogP contribution is 2.34. The van der Waals surface area contributed by atoms with Gasteiger partial charge in [0.1, 0.15) is 4.88 Å². The molecule has 0 amide bonds. The van der Waals surface area contributed by atoms with Crippen molar-refractivity contribution in [3.05, 3.63) is 29.1 Å². The maximum atomic E-state index is 12.0. The number of esters is 1. The van der Waals surface area contributed by atoms with Gasteiger partial charge in [0.05, 0.1) is 6.61 Å². The van der Waals surface area contributed by atoms with Gasteiger partial charge in [0.2, 0.25) is 0 Å².